The highest BCUT2D eigenvalue weighted by molar-refractivity contribution is 7.89. The standard InChI is InChI=1S/C6H9N3O2S/c1-5(12(7,10)11)6-4-8-2-3-9-6/h2-5H,1H3,(H2,7,10,11). The van der Waals surface area contributed by atoms with Crippen molar-refractivity contribution in [1.82, 2.24) is 9.97 Å². The topological polar surface area (TPSA) is 85.9 Å². The zero-order valence-corrected chi connectivity index (χ0v) is 7.32. The summed E-state index contributed by atoms with van der Waals surface area (Å²) in [5.41, 5.74) is 0.361. The lowest BCUT2D eigenvalue weighted by Crippen LogP contribution is -2.20. The second-order valence-electron chi connectivity index (χ2n) is 2.36. The van der Waals surface area contributed by atoms with Crippen LogP contribution in [0.5, 0.6) is 0 Å². The smallest absolute Gasteiger partial charge is 0.217 e. The first-order chi connectivity index (χ1) is 5.52. The van der Waals surface area contributed by atoms with Crippen LogP contribution in [0.4, 0.5) is 0 Å². The third-order valence-electron chi connectivity index (χ3n) is 1.49. The predicted octanol–water partition coefficient (Wildman–Crippen LogP) is -0.174. The largest absolute Gasteiger partial charge is 0.261 e. The van der Waals surface area contributed by atoms with Crippen molar-refractivity contribution in [3.8, 4) is 0 Å². The molecule has 0 aromatic carbocycles. The predicted molar refractivity (Wildman–Crippen MR) is 43.6 cm³/mol. The molecule has 0 saturated carbocycles. The molecule has 0 radical (unpaired) electrons. The Kier molecular flexibility index (Phi) is 2.39. The Labute approximate surface area is 70.7 Å². The number of primary sulfonamides is 1. The highest BCUT2D eigenvalue weighted by atomic mass is 32.2. The summed E-state index contributed by atoms with van der Waals surface area (Å²) < 4.78 is 21.7. The summed E-state index contributed by atoms with van der Waals surface area (Å²) in [6.07, 6.45) is 4.28. The molecule has 0 aliphatic carbocycles. The van der Waals surface area contributed by atoms with Gasteiger partial charge in [-0.2, -0.15) is 0 Å². The fourth-order valence-electron chi connectivity index (χ4n) is 0.689. The molecule has 1 unspecified atom stereocenters. The minimum absolute atomic E-state index is 0.361. The third-order valence-corrected chi connectivity index (χ3v) is 2.72. The number of nitrogens with two attached hydrogens (primary N) is 1. The van der Waals surface area contributed by atoms with E-state index >= 15 is 0 Å². The summed E-state index contributed by atoms with van der Waals surface area (Å²) >= 11 is 0. The summed E-state index contributed by atoms with van der Waals surface area (Å²) in [6, 6.07) is 0. The number of aromatic nitrogens is 2. The molecule has 5 nitrogen and oxygen atoms in total. The van der Waals surface area contributed by atoms with E-state index in [-0.39, 0.29) is 0 Å². The summed E-state index contributed by atoms with van der Waals surface area (Å²) in [6.45, 7) is 1.47. The van der Waals surface area contributed by atoms with Gasteiger partial charge in [0.1, 0.15) is 5.25 Å². The normalized spacial score (nSPS) is 14.2. The molecule has 1 aromatic rings. The van der Waals surface area contributed by atoms with Crippen LogP contribution in [0.2, 0.25) is 0 Å². The van der Waals surface area contributed by atoms with E-state index in [9.17, 15) is 8.42 Å². The Bertz CT molecular complexity index is 348. The van der Waals surface area contributed by atoms with Gasteiger partial charge in [-0.15, -0.1) is 0 Å². The molecule has 0 amide bonds. The lowest BCUT2D eigenvalue weighted by atomic mass is 10.3. The van der Waals surface area contributed by atoms with Gasteiger partial charge >= 0.3 is 0 Å². The molecule has 0 fully saturated rings. The molecule has 0 saturated heterocycles. The van der Waals surface area contributed by atoms with Crippen molar-refractivity contribution in [3.63, 3.8) is 0 Å². The van der Waals surface area contributed by atoms with Gasteiger partial charge in [-0.05, 0) is 6.92 Å². The Hall–Kier alpha value is -1.01. The average Bonchev–Trinajstić information content (AvgIpc) is 2.03. The van der Waals surface area contributed by atoms with Crippen molar-refractivity contribution >= 4 is 10.0 Å². The molecule has 0 spiro atoms. The first-order valence-electron chi connectivity index (χ1n) is 3.29. The van der Waals surface area contributed by atoms with Gasteiger partial charge in [-0.25, -0.2) is 13.6 Å². The van der Waals surface area contributed by atoms with Crippen molar-refractivity contribution in [2.45, 2.75) is 12.2 Å². The van der Waals surface area contributed by atoms with Crippen LogP contribution >= 0.6 is 0 Å². The molecular weight excluding hydrogens is 178 g/mol. The monoisotopic (exact) mass is 187 g/mol. The molecule has 1 atom stereocenters. The summed E-state index contributed by atoms with van der Waals surface area (Å²) in [5, 5.41) is 4.12. The van der Waals surface area contributed by atoms with Crippen LogP contribution in [0.3, 0.4) is 0 Å². The van der Waals surface area contributed by atoms with E-state index in [1.54, 1.807) is 0 Å². The van der Waals surface area contributed by atoms with Crippen LogP contribution in [-0.4, -0.2) is 18.4 Å². The average molecular weight is 187 g/mol. The van der Waals surface area contributed by atoms with Gasteiger partial charge in [0, 0.05) is 18.6 Å². The Balaban J connectivity index is 3.02. The Morgan fingerprint density at radius 3 is 2.58 bits per heavy atom. The van der Waals surface area contributed by atoms with Gasteiger partial charge in [-0.3, -0.25) is 9.97 Å². The third kappa shape index (κ3) is 1.99. The van der Waals surface area contributed by atoms with Crippen LogP contribution in [-0.2, 0) is 10.0 Å². The molecule has 66 valence electrons. The highest BCUT2D eigenvalue weighted by Gasteiger charge is 2.18. The molecule has 1 rings (SSSR count). The van der Waals surface area contributed by atoms with E-state index in [0.717, 1.165) is 0 Å². The second-order valence-corrected chi connectivity index (χ2v) is 4.25. The first-order valence-corrected chi connectivity index (χ1v) is 4.90. The van der Waals surface area contributed by atoms with Gasteiger partial charge < -0.3 is 0 Å². The van der Waals surface area contributed by atoms with Crippen LogP contribution in [0, 0.1) is 0 Å². The maximum Gasteiger partial charge on any atom is 0.217 e. The number of nitrogens with zero attached hydrogens (tertiary/aromatic N) is 2. The maximum atomic E-state index is 10.8. The Morgan fingerprint density at radius 2 is 2.17 bits per heavy atom. The molecule has 2 N–H and O–H groups in total. The lowest BCUT2D eigenvalue weighted by molar-refractivity contribution is 0.586. The fourth-order valence-corrected chi connectivity index (χ4v) is 1.15. The zero-order chi connectivity index (χ0) is 9.19. The van der Waals surface area contributed by atoms with Crippen LogP contribution < -0.4 is 5.14 Å². The van der Waals surface area contributed by atoms with Crippen LogP contribution in [0.15, 0.2) is 18.6 Å². The lowest BCUT2D eigenvalue weighted by Gasteiger charge is -2.05. The number of hydrogen-bond acceptors (Lipinski definition) is 4. The molecule has 1 heterocycles. The first kappa shape index (κ1) is 9.08. The minimum atomic E-state index is -3.56. The maximum absolute atomic E-state index is 10.8. The second kappa shape index (κ2) is 3.16. The quantitative estimate of drug-likeness (QED) is 0.696. The van der Waals surface area contributed by atoms with Gasteiger partial charge in [0.2, 0.25) is 10.0 Å². The zero-order valence-electron chi connectivity index (χ0n) is 6.51. The molecule has 12 heavy (non-hydrogen) atoms. The minimum Gasteiger partial charge on any atom is -0.261 e. The summed E-state index contributed by atoms with van der Waals surface area (Å²) in [7, 11) is -3.56. The number of hydrogen-bond donors (Lipinski definition) is 1. The molecule has 0 aliphatic rings. The van der Waals surface area contributed by atoms with Crippen molar-refractivity contribution in [2.75, 3.05) is 0 Å². The Morgan fingerprint density at radius 1 is 1.50 bits per heavy atom. The number of sulfonamides is 1. The van der Waals surface area contributed by atoms with Gasteiger partial charge in [-0.1, -0.05) is 0 Å². The van der Waals surface area contributed by atoms with Crippen molar-refractivity contribution in [1.29, 1.82) is 0 Å². The van der Waals surface area contributed by atoms with Gasteiger partial charge in [0.05, 0.1) is 5.69 Å². The fraction of sp³-hybridized carbons (Fsp3) is 0.333. The summed E-state index contributed by atoms with van der Waals surface area (Å²) in [5.74, 6) is 0. The van der Waals surface area contributed by atoms with E-state index in [1.807, 2.05) is 0 Å². The van der Waals surface area contributed by atoms with Crippen molar-refractivity contribution < 1.29 is 8.42 Å². The van der Waals surface area contributed by atoms with Crippen LogP contribution in [0.1, 0.15) is 17.9 Å². The van der Waals surface area contributed by atoms with Crippen LogP contribution in [0.25, 0.3) is 0 Å². The van der Waals surface area contributed by atoms with E-state index in [4.69, 9.17) is 5.14 Å². The SMILES string of the molecule is CC(c1cnccn1)S(N)(=O)=O. The number of rotatable bonds is 2. The molecule has 1 aromatic heterocycles. The molecular formula is C6H9N3O2S. The van der Waals surface area contributed by atoms with Gasteiger partial charge in [0.25, 0.3) is 0 Å². The van der Waals surface area contributed by atoms with Gasteiger partial charge in [0.15, 0.2) is 0 Å². The molecule has 6 heteroatoms. The summed E-state index contributed by atoms with van der Waals surface area (Å²) in [4.78, 5) is 7.56. The van der Waals surface area contributed by atoms with E-state index < -0.39 is 15.3 Å². The molecule has 0 aliphatic heterocycles. The van der Waals surface area contributed by atoms with E-state index in [0.29, 0.717) is 5.69 Å². The van der Waals surface area contributed by atoms with E-state index in [1.165, 1.54) is 25.5 Å². The van der Waals surface area contributed by atoms with Crippen molar-refractivity contribution in [2.24, 2.45) is 5.14 Å². The van der Waals surface area contributed by atoms with Crippen molar-refractivity contribution in [3.05, 3.63) is 24.3 Å². The van der Waals surface area contributed by atoms with E-state index in [2.05, 4.69) is 9.97 Å². The molecule has 0 bridgehead atoms. The highest BCUT2D eigenvalue weighted by Crippen LogP contribution is 2.14.